The molecule has 2 aromatic carbocycles. The van der Waals surface area contributed by atoms with Gasteiger partial charge in [-0.2, -0.15) is 5.10 Å². The average molecular weight is 592 g/mol. The lowest BCUT2D eigenvalue weighted by Gasteiger charge is -2.11. The third kappa shape index (κ3) is 5.45. The first-order chi connectivity index (χ1) is 20.7. The van der Waals surface area contributed by atoms with E-state index in [1.807, 2.05) is 32.3 Å². The van der Waals surface area contributed by atoms with Crippen LogP contribution in [0.25, 0.3) is 42.8 Å². The number of nitrogens with two attached hydrogens (primary N) is 1. The molecule has 11 heteroatoms. The number of nitrogens with one attached hydrogen (secondary N) is 1. The SMILES string of the molecule is C=C(C)C(=O)Nc1ccc(-c2sc3c(-c4cnn(C)c4)cnc(N)c3c2-c2ccc(Oc3nccc(C)n3)cc2)c(F)c1. The van der Waals surface area contributed by atoms with Gasteiger partial charge in [0.2, 0.25) is 0 Å². The second kappa shape index (κ2) is 11.1. The Morgan fingerprint density at radius 3 is 2.53 bits per heavy atom. The average Bonchev–Trinajstić information content (AvgIpc) is 3.58. The molecule has 214 valence electrons. The van der Waals surface area contributed by atoms with Crippen LogP contribution < -0.4 is 15.8 Å². The van der Waals surface area contributed by atoms with Crippen molar-refractivity contribution in [2.24, 2.45) is 7.05 Å². The Labute approximate surface area is 250 Å². The van der Waals surface area contributed by atoms with Gasteiger partial charge in [-0.25, -0.2) is 19.3 Å². The van der Waals surface area contributed by atoms with Gasteiger partial charge in [-0.05, 0) is 55.8 Å². The van der Waals surface area contributed by atoms with Crippen molar-refractivity contribution in [3.63, 3.8) is 0 Å². The topological polar surface area (TPSA) is 121 Å². The molecule has 6 rings (SSSR count). The second-order valence-electron chi connectivity index (χ2n) is 10.0. The lowest BCUT2D eigenvalue weighted by atomic mass is 9.97. The third-order valence-corrected chi connectivity index (χ3v) is 8.00. The minimum Gasteiger partial charge on any atom is -0.424 e. The van der Waals surface area contributed by atoms with E-state index >= 15 is 4.39 Å². The van der Waals surface area contributed by atoms with E-state index in [-0.39, 0.29) is 11.9 Å². The quantitative estimate of drug-likeness (QED) is 0.189. The van der Waals surface area contributed by atoms with E-state index < -0.39 is 5.82 Å². The number of hydrogen-bond donors (Lipinski definition) is 2. The zero-order chi connectivity index (χ0) is 30.2. The van der Waals surface area contributed by atoms with Gasteiger partial charge >= 0.3 is 6.01 Å². The number of ether oxygens (including phenoxy) is 1. The first-order valence-corrected chi connectivity index (χ1v) is 14.0. The molecule has 6 aromatic rings. The molecular weight excluding hydrogens is 565 g/mol. The van der Waals surface area contributed by atoms with Crippen molar-refractivity contribution in [3.8, 4) is 44.5 Å². The standard InChI is InChI=1S/C32H26FN7O2S/c1-17(2)31(41)39-21-7-10-23(25(33)13-21)28-26(19-5-8-22(9-6-19)42-32-35-12-11-18(3)38-32)27-29(43-28)24(15-36-30(27)34)20-14-37-40(4)16-20/h5-16H,1H2,2-4H3,(H2,34,36)(H,39,41). The number of halogens is 1. The van der Waals surface area contributed by atoms with Crippen LogP contribution in [0.3, 0.4) is 0 Å². The highest BCUT2D eigenvalue weighted by molar-refractivity contribution is 7.23. The number of carbonyl (C=O) groups excluding carboxylic acids is 1. The van der Waals surface area contributed by atoms with E-state index in [0.717, 1.165) is 32.6 Å². The molecule has 0 saturated carbocycles. The number of benzene rings is 2. The van der Waals surface area contributed by atoms with Gasteiger partial charge in [-0.3, -0.25) is 9.48 Å². The summed E-state index contributed by atoms with van der Waals surface area (Å²) in [6, 6.07) is 14.0. The summed E-state index contributed by atoms with van der Waals surface area (Å²) in [6.07, 6.45) is 7.00. The lowest BCUT2D eigenvalue weighted by Crippen LogP contribution is -2.11. The number of anilines is 2. The molecule has 0 aliphatic heterocycles. The maximum atomic E-state index is 15.8. The highest BCUT2D eigenvalue weighted by atomic mass is 32.1. The molecule has 0 aliphatic rings. The number of nitrogen functional groups attached to an aromatic ring is 1. The molecule has 0 fully saturated rings. The van der Waals surface area contributed by atoms with Gasteiger partial charge < -0.3 is 15.8 Å². The molecule has 1 amide bonds. The maximum Gasteiger partial charge on any atom is 0.322 e. The van der Waals surface area contributed by atoms with Crippen LogP contribution in [0.5, 0.6) is 11.8 Å². The van der Waals surface area contributed by atoms with Crippen LogP contribution in [0.4, 0.5) is 15.9 Å². The van der Waals surface area contributed by atoms with Crippen molar-refractivity contribution in [2.75, 3.05) is 11.1 Å². The van der Waals surface area contributed by atoms with Gasteiger partial charge in [0, 0.05) is 79.8 Å². The molecule has 0 bridgehead atoms. The van der Waals surface area contributed by atoms with E-state index in [4.69, 9.17) is 10.5 Å². The summed E-state index contributed by atoms with van der Waals surface area (Å²) in [5.41, 5.74) is 11.5. The van der Waals surface area contributed by atoms with Crippen LogP contribution in [0, 0.1) is 12.7 Å². The number of rotatable bonds is 7. The number of nitrogens with zero attached hydrogens (tertiary/aromatic N) is 5. The first-order valence-electron chi connectivity index (χ1n) is 13.2. The Morgan fingerprint density at radius 1 is 1.07 bits per heavy atom. The Kier molecular flexibility index (Phi) is 7.16. The van der Waals surface area contributed by atoms with Crippen LogP contribution in [-0.4, -0.2) is 30.6 Å². The summed E-state index contributed by atoms with van der Waals surface area (Å²) in [5.74, 6) is -0.0212. The van der Waals surface area contributed by atoms with Crippen LogP contribution in [0.1, 0.15) is 12.6 Å². The van der Waals surface area contributed by atoms with Crippen LogP contribution >= 0.6 is 11.3 Å². The molecule has 4 aromatic heterocycles. The smallest absolute Gasteiger partial charge is 0.322 e. The number of hydrogen-bond acceptors (Lipinski definition) is 8. The number of carbonyl (C=O) groups is 1. The molecule has 0 radical (unpaired) electrons. The number of pyridine rings is 1. The van der Waals surface area contributed by atoms with E-state index in [0.29, 0.717) is 38.7 Å². The number of thiophene rings is 1. The van der Waals surface area contributed by atoms with E-state index in [1.165, 1.54) is 17.4 Å². The fourth-order valence-corrected chi connectivity index (χ4v) is 6.03. The van der Waals surface area contributed by atoms with Gasteiger partial charge in [0.05, 0.1) is 6.20 Å². The minimum absolute atomic E-state index is 0.241. The van der Waals surface area contributed by atoms with Crippen molar-refractivity contribution in [1.82, 2.24) is 24.7 Å². The number of fused-ring (bicyclic) bond motifs is 1. The predicted molar refractivity (Wildman–Crippen MR) is 167 cm³/mol. The fraction of sp³-hybridized carbons (Fsp3) is 0.0938. The molecule has 0 spiro atoms. The van der Waals surface area contributed by atoms with Crippen molar-refractivity contribution in [3.05, 3.63) is 97.0 Å². The van der Waals surface area contributed by atoms with Gasteiger partial charge in [0.15, 0.2) is 0 Å². The summed E-state index contributed by atoms with van der Waals surface area (Å²) in [5, 5.41) is 7.69. The van der Waals surface area contributed by atoms with Crippen molar-refractivity contribution in [1.29, 1.82) is 0 Å². The monoisotopic (exact) mass is 591 g/mol. The number of amides is 1. The zero-order valence-corrected chi connectivity index (χ0v) is 24.4. The molecule has 0 unspecified atom stereocenters. The Balaban J connectivity index is 1.51. The second-order valence-corrected chi connectivity index (χ2v) is 11.0. The van der Waals surface area contributed by atoms with Crippen molar-refractivity contribution in [2.45, 2.75) is 13.8 Å². The normalized spacial score (nSPS) is 11.1. The van der Waals surface area contributed by atoms with Gasteiger partial charge in [0.1, 0.15) is 17.4 Å². The largest absolute Gasteiger partial charge is 0.424 e. The molecule has 0 aliphatic carbocycles. The highest BCUT2D eigenvalue weighted by Gasteiger charge is 2.24. The van der Waals surface area contributed by atoms with Gasteiger partial charge in [-0.15, -0.1) is 11.3 Å². The lowest BCUT2D eigenvalue weighted by molar-refractivity contribution is -0.112. The summed E-state index contributed by atoms with van der Waals surface area (Å²) in [4.78, 5) is 25.8. The van der Waals surface area contributed by atoms with Gasteiger partial charge in [0.25, 0.3) is 5.91 Å². The molecule has 3 N–H and O–H groups in total. The zero-order valence-electron chi connectivity index (χ0n) is 23.6. The third-order valence-electron chi connectivity index (χ3n) is 6.74. The van der Waals surface area contributed by atoms with E-state index in [2.05, 4.69) is 31.9 Å². The molecule has 0 atom stereocenters. The summed E-state index contributed by atoms with van der Waals surface area (Å²) in [7, 11) is 1.84. The molecular formula is C32H26FN7O2S. The maximum absolute atomic E-state index is 15.8. The Bertz CT molecular complexity index is 2030. The van der Waals surface area contributed by atoms with Crippen LogP contribution in [0.15, 0.2) is 85.5 Å². The minimum atomic E-state index is -0.502. The van der Waals surface area contributed by atoms with E-state index in [1.54, 1.807) is 60.5 Å². The van der Waals surface area contributed by atoms with Crippen molar-refractivity contribution < 1.29 is 13.9 Å². The summed E-state index contributed by atoms with van der Waals surface area (Å²) in [6.45, 7) is 7.09. The van der Waals surface area contributed by atoms with Crippen LogP contribution in [-0.2, 0) is 11.8 Å². The number of aromatic nitrogens is 5. The Hall–Kier alpha value is -5.42. The highest BCUT2D eigenvalue weighted by Crippen LogP contribution is 2.50. The molecule has 9 nitrogen and oxygen atoms in total. The molecule has 0 saturated heterocycles. The Morgan fingerprint density at radius 2 is 1.86 bits per heavy atom. The van der Waals surface area contributed by atoms with Gasteiger partial charge in [-0.1, -0.05) is 18.7 Å². The molecule has 4 heterocycles. The first kappa shape index (κ1) is 27.7. The predicted octanol–water partition coefficient (Wildman–Crippen LogP) is 7.16. The number of aryl methyl sites for hydroxylation is 2. The summed E-state index contributed by atoms with van der Waals surface area (Å²) >= 11 is 1.41. The van der Waals surface area contributed by atoms with Crippen LogP contribution in [0.2, 0.25) is 0 Å². The van der Waals surface area contributed by atoms with Crippen molar-refractivity contribution >= 4 is 38.8 Å². The fourth-order valence-electron chi connectivity index (χ4n) is 4.64. The van der Waals surface area contributed by atoms with E-state index in [9.17, 15) is 4.79 Å². The summed E-state index contributed by atoms with van der Waals surface area (Å²) < 4.78 is 24.2. The molecule has 43 heavy (non-hydrogen) atoms.